The van der Waals surface area contributed by atoms with Crippen LogP contribution in [0.15, 0.2) is 30.3 Å². The molecule has 0 bridgehead atoms. The number of aliphatic hydroxyl groups excluding tert-OH is 1. The van der Waals surface area contributed by atoms with Crippen LogP contribution in [-0.4, -0.2) is 11.7 Å². The topological polar surface area (TPSA) is 20.2 Å². The average molecular weight is 218 g/mol. The molecule has 0 spiro atoms. The zero-order valence-corrected chi connectivity index (χ0v) is 10.3. The van der Waals surface area contributed by atoms with Gasteiger partial charge in [0, 0.05) is 12.0 Å². The minimum atomic E-state index is 0.162. The summed E-state index contributed by atoms with van der Waals surface area (Å²) in [5.41, 5.74) is 1.56. The molecule has 1 unspecified atom stereocenters. The monoisotopic (exact) mass is 218 g/mol. The lowest BCUT2D eigenvalue weighted by atomic mass is 9.57. The molecular formula is C15H22O. The van der Waals surface area contributed by atoms with Crippen LogP contribution >= 0.6 is 0 Å². The number of rotatable bonds is 4. The highest BCUT2D eigenvalue weighted by atomic mass is 16.3. The van der Waals surface area contributed by atoms with E-state index in [9.17, 15) is 5.11 Å². The summed E-state index contributed by atoms with van der Waals surface area (Å²) in [6.07, 6.45) is 3.64. The summed E-state index contributed by atoms with van der Waals surface area (Å²) in [7, 11) is 0. The van der Waals surface area contributed by atoms with Gasteiger partial charge in [0.05, 0.1) is 0 Å². The minimum Gasteiger partial charge on any atom is -0.396 e. The van der Waals surface area contributed by atoms with E-state index in [2.05, 4.69) is 44.2 Å². The van der Waals surface area contributed by atoms with E-state index in [1.165, 1.54) is 24.8 Å². The van der Waals surface area contributed by atoms with Crippen molar-refractivity contribution in [1.82, 2.24) is 0 Å². The number of hydrogen-bond acceptors (Lipinski definition) is 1. The molecule has 1 aromatic rings. The Morgan fingerprint density at radius 2 is 1.81 bits per heavy atom. The molecule has 1 atom stereocenters. The molecule has 1 heteroatoms. The zero-order valence-electron chi connectivity index (χ0n) is 10.3. The van der Waals surface area contributed by atoms with Crippen LogP contribution in [-0.2, 0) is 0 Å². The average Bonchev–Trinajstić information content (AvgIpc) is 2.24. The van der Waals surface area contributed by atoms with Crippen LogP contribution in [0.25, 0.3) is 0 Å². The number of aliphatic hydroxyl groups is 1. The Bertz CT molecular complexity index is 319. The van der Waals surface area contributed by atoms with E-state index < -0.39 is 0 Å². The molecule has 1 fully saturated rings. The van der Waals surface area contributed by atoms with E-state index in [4.69, 9.17) is 0 Å². The molecule has 88 valence electrons. The third-order valence-electron chi connectivity index (χ3n) is 4.15. The van der Waals surface area contributed by atoms with Gasteiger partial charge < -0.3 is 5.11 Å². The smallest absolute Gasteiger partial charge is 0.0493 e. The minimum absolute atomic E-state index is 0.162. The van der Waals surface area contributed by atoms with E-state index in [1.807, 2.05) is 0 Å². The van der Waals surface area contributed by atoms with Gasteiger partial charge in [-0.2, -0.15) is 0 Å². The molecule has 0 radical (unpaired) electrons. The molecule has 0 saturated heterocycles. The lowest BCUT2D eigenvalue weighted by molar-refractivity contribution is 0.00175. The fourth-order valence-corrected chi connectivity index (χ4v) is 3.30. The Hall–Kier alpha value is -0.820. The first-order valence-electron chi connectivity index (χ1n) is 6.35. The molecule has 0 aromatic heterocycles. The van der Waals surface area contributed by atoms with E-state index in [0.717, 1.165) is 0 Å². The molecule has 16 heavy (non-hydrogen) atoms. The first kappa shape index (κ1) is 11.7. The highest BCUT2D eigenvalue weighted by molar-refractivity contribution is 5.24. The predicted molar refractivity (Wildman–Crippen MR) is 67.4 cm³/mol. The van der Waals surface area contributed by atoms with Crippen molar-refractivity contribution in [3.05, 3.63) is 35.9 Å². The summed E-state index contributed by atoms with van der Waals surface area (Å²) >= 11 is 0. The standard InChI is InChI=1S/C15H22O/c1-12(2)14(13-7-4-3-5-8-13)15(11-16)9-6-10-15/h3-5,7-8,12,14,16H,6,9-11H2,1-2H3. The Kier molecular flexibility index (Phi) is 3.34. The van der Waals surface area contributed by atoms with E-state index in [-0.39, 0.29) is 5.41 Å². The second kappa shape index (κ2) is 4.58. The van der Waals surface area contributed by atoms with Gasteiger partial charge in [0.2, 0.25) is 0 Å². The van der Waals surface area contributed by atoms with Crippen molar-refractivity contribution in [2.45, 2.75) is 39.0 Å². The molecule has 1 aliphatic rings. The van der Waals surface area contributed by atoms with Crippen LogP contribution < -0.4 is 0 Å². The Labute approximate surface area is 98.5 Å². The van der Waals surface area contributed by atoms with Crippen LogP contribution in [0.5, 0.6) is 0 Å². The summed E-state index contributed by atoms with van der Waals surface area (Å²) in [6, 6.07) is 10.7. The third-order valence-corrected chi connectivity index (χ3v) is 4.15. The largest absolute Gasteiger partial charge is 0.396 e. The maximum absolute atomic E-state index is 9.72. The highest BCUT2D eigenvalue weighted by Crippen LogP contribution is 2.53. The molecule has 1 saturated carbocycles. The van der Waals surface area contributed by atoms with Crippen molar-refractivity contribution in [3.8, 4) is 0 Å². The summed E-state index contributed by atoms with van der Waals surface area (Å²) in [5, 5.41) is 9.72. The maximum atomic E-state index is 9.72. The van der Waals surface area contributed by atoms with Gasteiger partial charge in [0.25, 0.3) is 0 Å². The summed E-state index contributed by atoms with van der Waals surface area (Å²) in [5.74, 6) is 1.10. The van der Waals surface area contributed by atoms with E-state index in [1.54, 1.807) is 0 Å². The van der Waals surface area contributed by atoms with E-state index in [0.29, 0.717) is 18.4 Å². The van der Waals surface area contributed by atoms with Crippen molar-refractivity contribution in [1.29, 1.82) is 0 Å². The molecule has 0 aliphatic heterocycles. The van der Waals surface area contributed by atoms with Crippen LogP contribution in [0, 0.1) is 11.3 Å². The number of benzene rings is 1. The summed E-state index contributed by atoms with van der Waals surface area (Å²) < 4.78 is 0. The van der Waals surface area contributed by atoms with Crippen molar-refractivity contribution < 1.29 is 5.11 Å². The molecule has 0 heterocycles. The van der Waals surface area contributed by atoms with Crippen molar-refractivity contribution >= 4 is 0 Å². The van der Waals surface area contributed by atoms with Gasteiger partial charge in [-0.05, 0) is 30.2 Å². The van der Waals surface area contributed by atoms with Gasteiger partial charge in [-0.25, -0.2) is 0 Å². The Morgan fingerprint density at radius 3 is 2.19 bits per heavy atom. The van der Waals surface area contributed by atoms with Crippen LogP contribution in [0.3, 0.4) is 0 Å². The van der Waals surface area contributed by atoms with Crippen LogP contribution in [0.1, 0.15) is 44.6 Å². The molecule has 2 rings (SSSR count). The first-order valence-corrected chi connectivity index (χ1v) is 6.35. The van der Waals surface area contributed by atoms with E-state index >= 15 is 0 Å². The van der Waals surface area contributed by atoms with Gasteiger partial charge in [0.15, 0.2) is 0 Å². The van der Waals surface area contributed by atoms with Crippen molar-refractivity contribution in [2.24, 2.45) is 11.3 Å². The fraction of sp³-hybridized carbons (Fsp3) is 0.600. The number of hydrogen-bond donors (Lipinski definition) is 1. The quantitative estimate of drug-likeness (QED) is 0.819. The molecule has 1 aromatic carbocycles. The highest BCUT2D eigenvalue weighted by Gasteiger charge is 2.45. The summed E-state index contributed by atoms with van der Waals surface area (Å²) in [4.78, 5) is 0. The van der Waals surface area contributed by atoms with Crippen molar-refractivity contribution in [3.63, 3.8) is 0 Å². The van der Waals surface area contributed by atoms with Crippen LogP contribution in [0.4, 0.5) is 0 Å². The van der Waals surface area contributed by atoms with Gasteiger partial charge in [-0.15, -0.1) is 0 Å². The maximum Gasteiger partial charge on any atom is 0.0493 e. The normalized spacial score (nSPS) is 20.5. The fourth-order valence-electron chi connectivity index (χ4n) is 3.30. The molecule has 0 amide bonds. The van der Waals surface area contributed by atoms with Crippen LogP contribution in [0.2, 0.25) is 0 Å². The van der Waals surface area contributed by atoms with Gasteiger partial charge in [-0.3, -0.25) is 0 Å². The second-order valence-corrected chi connectivity index (χ2v) is 5.51. The lowest BCUT2D eigenvalue weighted by Gasteiger charge is -2.48. The van der Waals surface area contributed by atoms with Crippen molar-refractivity contribution in [2.75, 3.05) is 6.61 Å². The van der Waals surface area contributed by atoms with Gasteiger partial charge >= 0.3 is 0 Å². The second-order valence-electron chi connectivity index (χ2n) is 5.51. The van der Waals surface area contributed by atoms with Gasteiger partial charge in [0.1, 0.15) is 0 Å². The Morgan fingerprint density at radius 1 is 1.19 bits per heavy atom. The SMILES string of the molecule is CC(C)C(c1ccccc1)C1(CO)CCC1. The first-order chi connectivity index (χ1) is 7.69. The molecular weight excluding hydrogens is 196 g/mol. The third kappa shape index (κ3) is 1.89. The summed E-state index contributed by atoms with van der Waals surface area (Å²) in [6.45, 7) is 4.88. The lowest BCUT2D eigenvalue weighted by Crippen LogP contribution is -2.41. The zero-order chi connectivity index (χ0) is 11.6. The van der Waals surface area contributed by atoms with Gasteiger partial charge in [-0.1, -0.05) is 50.6 Å². The molecule has 1 aliphatic carbocycles. The molecule has 1 N–H and O–H groups in total. The predicted octanol–water partition coefficient (Wildman–Crippen LogP) is 3.59. The Balaban J connectivity index is 2.31. The molecule has 1 nitrogen and oxygen atoms in total.